The quantitative estimate of drug-likeness (QED) is 0.604. The molecule has 0 aromatic heterocycles. The molecule has 7 nitrogen and oxygen atoms in total. The number of amides is 1. The molecule has 1 unspecified atom stereocenters. The molecule has 9 heteroatoms. The second-order valence-corrected chi connectivity index (χ2v) is 7.49. The van der Waals surface area contributed by atoms with Crippen LogP contribution in [0.5, 0.6) is 0 Å². The smallest absolute Gasteiger partial charge is 0.300 e. The van der Waals surface area contributed by atoms with E-state index in [1.807, 2.05) is 0 Å². The Hall–Kier alpha value is -1.67. The zero-order valence-electron chi connectivity index (χ0n) is 11.2. The van der Waals surface area contributed by atoms with Gasteiger partial charge in [0.15, 0.2) is 9.84 Å². The van der Waals surface area contributed by atoms with Crippen molar-refractivity contribution in [3.8, 4) is 0 Å². The average Bonchev–Trinajstić information content (AvgIpc) is 2.36. The molecule has 21 heavy (non-hydrogen) atoms. The molecule has 0 N–H and O–H groups in total. The molecule has 0 aliphatic carbocycles. The van der Waals surface area contributed by atoms with Crippen LogP contribution in [-0.2, 0) is 9.84 Å². The fourth-order valence-electron chi connectivity index (χ4n) is 2.33. The number of hydrogen-bond acceptors (Lipinski definition) is 5. The van der Waals surface area contributed by atoms with Gasteiger partial charge in [-0.15, -0.1) is 0 Å². The van der Waals surface area contributed by atoms with Crippen molar-refractivity contribution < 1.29 is 18.1 Å². The van der Waals surface area contributed by atoms with Crippen molar-refractivity contribution in [1.29, 1.82) is 0 Å². The highest BCUT2D eigenvalue weighted by Crippen LogP contribution is 2.30. The maximum Gasteiger partial charge on any atom is 0.300 e. The van der Waals surface area contributed by atoms with Crippen LogP contribution in [0.2, 0.25) is 5.02 Å². The Morgan fingerprint density at radius 2 is 2.14 bits per heavy atom. The molecule has 1 fully saturated rings. The molecule has 1 heterocycles. The Bertz CT molecular complexity index is 704. The maximum atomic E-state index is 12.5. The molecule has 0 bridgehead atoms. The molecule has 1 amide bonds. The number of rotatable bonds is 2. The first kappa shape index (κ1) is 15.7. The average molecular weight is 333 g/mol. The lowest BCUT2D eigenvalue weighted by molar-refractivity contribution is -0.385. The summed E-state index contributed by atoms with van der Waals surface area (Å²) < 4.78 is 23.1. The molecule has 1 aromatic carbocycles. The molecule has 1 aliphatic rings. The molecular formula is C12H13ClN2O5S. The van der Waals surface area contributed by atoms with E-state index in [1.165, 1.54) is 23.1 Å². The van der Waals surface area contributed by atoms with E-state index in [2.05, 4.69) is 0 Å². The number of benzene rings is 1. The van der Waals surface area contributed by atoms with Crippen molar-refractivity contribution in [2.45, 2.75) is 13.0 Å². The topological polar surface area (TPSA) is 97.6 Å². The highest BCUT2D eigenvalue weighted by atomic mass is 35.5. The molecule has 0 spiro atoms. The summed E-state index contributed by atoms with van der Waals surface area (Å²) in [7, 11) is -3.17. The number of nitro groups is 1. The van der Waals surface area contributed by atoms with Crippen molar-refractivity contribution in [2.75, 3.05) is 18.1 Å². The van der Waals surface area contributed by atoms with E-state index in [9.17, 15) is 23.3 Å². The zero-order valence-corrected chi connectivity index (χ0v) is 12.7. The van der Waals surface area contributed by atoms with Crippen LogP contribution in [0.3, 0.4) is 0 Å². The third-order valence-corrected chi connectivity index (χ3v) is 5.43. The summed E-state index contributed by atoms with van der Waals surface area (Å²) in [5.41, 5.74) is -0.580. The molecule has 1 atom stereocenters. The summed E-state index contributed by atoms with van der Waals surface area (Å²) in [4.78, 5) is 24.2. The van der Waals surface area contributed by atoms with Gasteiger partial charge in [-0.3, -0.25) is 14.9 Å². The fourth-order valence-corrected chi connectivity index (χ4v) is 4.13. The number of nitrogens with zero attached hydrogens (tertiary/aromatic N) is 2. The van der Waals surface area contributed by atoms with Gasteiger partial charge in [-0.1, -0.05) is 17.7 Å². The molecule has 0 radical (unpaired) electrons. The van der Waals surface area contributed by atoms with Crippen LogP contribution in [0.1, 0.15) is 17.3 Å². The van der Waals surface area contributed by atoms with E-state index in [1.54, 1.807) is 6.92 Å². The minimum atomic E-state index is -3.17. The molecule has 1 aliphatic heterocycles. The summed E-state index contributed by atoms with van der Waals surface area (Å²) in [5.74, 6) is -0.864. The van der Waals surface area contributed by atoms with E-state index in [0.717, 1.165) is 0 Å². The van der Waals surface area contributed by atoms with Crippen molar-refractivity contribution in [3.63, 3.8) is 0 Å². The Morgan fingerprint density at radius 3 is 2.71 bits per heavy atom. The van der Waals surface area contributed by atoms with Crippen molar-refractivity contribution in [2.24, 2.45) is 0 Å². The van der Waals surface area contributed by atoms with Crippen LogP contribution < -0.4 is 0 Å². The van der Waals surface area contributed by atoms with Crippen molar-refractivity contribution in [3.05, 3.63) is 38.9 Å². The van der Waals surface area contributed by atoms with Gasteiger partial charge in [0.1, 0.15) is 10.6 Å². The molecule has 1 saturated heterocycles. The van der Waals surface area contributed by atoms with E-state index in [0.29, 0.717) is 0 Å². The first-order valence-electron chi connectivity index (χ1n) is 6.17. The normalized spacial score (nSPS) is 21.0. The zero-order chi connectivity index (χ0) is 15.8. The molecule has 1 aromatic rings. The highest BCUT2D eigenvalue weighted by molar-refractivity contribution is 7.91. The second kappa shape index (κ2) is 5.61. The standard InChI is InChI=1S/C12H13ClN2O5S/c1-8-7-21(19,20)6-5-14(8)12(16)9-3-2-4-10(13)11(9)15(17)18/h2-4,8H,5-7H2,1H3. The maximum absolute atomic E-state index is 12.5. The predicted octanol–water partition coefficient (Wildman–Crippen LogP) is 1.51. The lowest BCUT2D eigenvalue weighted by Gasteiger charge is -2.33. The fraction of sp³-hybridized carbons (Fsp3) is 0.417. The van der Waals surface area contributed by atoms with E-state index in [-0.39, 0.29) is 28.6 Å². The number of carbonyl (C=O) groups excluding carboxylic acids is 1. The summed E-state index contributed by atoms with van der Waals surface area (Å²) >= 11 is 5.78. The van der Waals surface area contributed by atoms with Gasteiger partial charge in [-0.25, -0.2) is 8.42 Å². The number of para-hydroxylation sites is 1. The van der Waals surface area contributed by atoms with Gasteiger partial charge in [0.25, 0.3) is 5.91 Å². The molecule has 2 rings (SSSR count). The van der Waals surface area contributed by atoms with Crippen LogP contribution in [-0.4, -0.2) is 48.2 Å². The van der Waals surface area contributed by atoms with Gasteiger partial charge in [0.2, 0.25) is 0 Å². The second-order valence-electron chi connectivity index (χ2n) is 4.86. The Kier molecular flexibility index (Phi) is 4.20. The monoisotopic (exact) mass is 332 g/mol. The molecular weight excluding hydrogens is 320 g/mol. The minimum absolute atomic E-state index is 0.0198. The number of sulfone groups is 1. The third kappa shape index (κ3) is 3.16. The Labute approximate surface area is 126 Å². The summed E-state index contributed by atoms with van der Waals surface area (Å²) in [6.45, 7) is 1.62. The van der Waals surface area contributed by atoms with Gasteiger partial charge in [-0.05, 0) is 19.1 Å². The lowest BCUT2D eigenvalue weighted by Crippen LogP contribution is -2.49. The van der Waals surface area contributed by atoms with Crippen LogP contribution in [0, 0.1) is 10.1 Å². The first-order valence-corrected chi connectivity index (χ1v) is 8.37. The van der Waals surface area contributed by atoms with E-state index >= 15 is 0 Å². The summed E-state index contributed by atoms with van der Waals surface area (Å²) in [5, 5.41) is 10.9. The van der Waals surface area contributed by atoms with Crippen LogP contribution in [0.15, 0.2) is 18.2 Å². The van der Waals surface area contributed by atoms with Gasteiger partial charge in [0, 0.05) is 12.6 Å². The van der Waals surface area contributed by atoms with Gasteiger partial charge >= 0.3 is 5.69 Å². The highest BCUT2D eigenvalue weighted by Gasteiger charge is 2.34. The number of nitro benzene ring substituents is 1. The van der Waals surface area contributed by atoms with Crippen molar-refractivity contribution in [1.82, 2.24) is 4.90 Å². The van der Waals surface area contributed by atoms with Gasteiger partial charge in [0.05, 0.1) is 16.4 Å². The van der Waals surface area contributed by atoms with E-state index < -0.39 is 32.4 Å². The Balaban J connectivity index is 2.38. The largest absolute Gasteiger partial charge is 0.334 e. The van der Waals surface area contributed by atoms with Crippen LogP contribution >= 0.6 is 11.6 Å². The predicted molar refractivity (Wildman–Crippen MR) is 77.3 cm³/mol. The molecule has 114 valence electrons. The van der Waals surface area contributed by atoms with Crippen LogP contribution in [0.25, 0.3) is 0 Å². The van der Waals surface area contributed by atoms with E-state index in [4.69, 9.17) is 11.6 Å². The SMILES string of the molecule is CC1CS(=O)(=O)CCN1C(=O)c1cccc(Cl)c1[N+](=O)[O-]. The first-order chi connectivity index (χ1) is 9.73. The summed E-state index contributed by atoms with van der Waals surface area (Å²) in [6.07, 6.45) is 0. The number of halogens is 1. The Morgan fingerprint density at radius 1 is 1.48 bits per heavy atom. The molecule has 0 saturated carbocycles. The van der Waals surface area contributed by atoms with Crippen molar-refractivity contribution >= 4 is 33.0 Å². The number of hydrogen-bond donors (Lipinski definition) is 0. The third-order valence-electron chi connectivity index (χ3n) is 3.33. The van der Waals surface area contributed by atoms with Crippen LogP contribution in [0.4, 0.5) is 5.69 Å². The summed E-state index contributed by atoms with van der Waals surface area (Å²) in [6, 6.07) is 3.58. The minimum Gasteiger partial charge on any atom is -0.334 e. The van der Waals surface area contributed by atoms with Gasteiger partial charge < -0.3 is 4.90 Å². The lowest BCUT2D eigenvalue weighted by atomic mass is 10.1. The number of carbonyl (C=O) groups is 1. The van der Waals surface area contributed by atoms with Gasteiger partial charge in [-0.2, -0.15) is 0 Å².